The summed E-state index contributed by atoms with van der Waals surface area (Å²) in [4.78, 5) is 36.8. The molecule has 3 fully saturated rings. The number of fused-ring (bicyclic) bond motifs is 1. The average molecular weight is 470 g/mol. The highest BCUT2D eigenvalue weighted by molar-refractivity contribution is 6.05. The van der Waals surface area contributed by atoms with Gasteiger partial charge in [0.1, 0.15) is 6.04 Å². The van der Waals surface area contributed by atoms with E-state index in [-0.39, 0.29) is 24.1 Å². The summed E-state index contributed by atoms with van der Waals surface area (Å²) in [5.41, 5.74) is 3.03. The maximum atomic E-state index is 12.3. The van der Waals surface area contributed by atoms with Crippen LogP contribution >= 0.6 is 0 Å². The molecule has 2 unspecified atom stereocenters. The molecule has 34 heavy (non-hydrogen) atoms. The molecule has 2 atom stereocenters. The summed E-state index contributed by atoms with van der Waals surface area (Å²) in [6, 6.07) is 6.58. The van der Waals surface area contributed by atoms with Crippen molar-refractivity contribution >= 4 is 17.7 Å². The van der Waals surface area contributed by atoms with Crippen molar-refractivity contribution in [3.8, 4) is 0 Å². The predicted octanol–water partition coefficient (Wildman–Crippen LogP) is 3.48. The third-order valence-corrected chi connectivity index (χ3v) is 7.69. The number of hydrogen-bond acceptors (Lipinski definition) is 5. The van der Waals surface area contributed by atoms with E-state index in [2.05, 4.69) is 24.5 Å². The van der Waals surface area contributed by atoms with E-state index >= 15 is 0 Å². The van der Waals surface area contributed by atoms with Crippen molar-refractivity contribution < 1.29 is 19.1 Å². The molecule has 5 rings (SSSR count). The van der Waals surface area contributed by atoms with Crippen molar-refractivity contribution in [2.24, 2.45) is 5.41 Å². The van der Waals surface area contributed by atoms with Gasteiger partial charge in [-0.05, 0) is 44.2 Å². The largest absolute Gasteiger partial charge is 0.381 e. The molecule has 2 N–H and O–H groups in total. The van der Waals surface area contributed by atoms with Gasteiger partial charge in [0.25, 0.3) is 5.91 Å². The van der Waals surface area contributed by atoms with Crippen LogP contribution in [0.15, 0.2) is 18.2 Å². The second-order valence-corrected chi connectivity index (χ2v) is 10.9. The van der Waals surface area contributed by atoms with Crippen LogP contribution in [0.2, 0.25) is 0 Å². The van der Waals surface area contributed by atoms with Crippen LogP contribution in [0.5, 0.6) is 0 Å². The summed E-state index contributed by atoms with van der Waals surface area (Å²) in [6.45, 7) is 8.92. The van der Waals surface area contributed by atoms with E-state index in [9.17, 15) is 14.4 Å². The van der Waals surface area contributed by atoms with Crippen LogP contribution in [0.3, 0.4) is 0 Å². The molecule has 1 aromatic rings. The lowest BCUT2D eigenvalue weighted by Gasteiger charge is -2.41. The van der Waals surface area contributed by atoms with E-state index in [1.165, 1.54) is 38.5 Å². The Morgan fingerprint density at radius 2 is 1.82 bits per heavy atom. The third-order valence-electron chi connectivity index (χ3n) is 7.69. The van der Waals surface area contributed by atoms with Gasteiger partial charge in [0.15, 0.2) is 0 Å². The van der Waals surface area contributed by atoms with Gasteiger partial charge in [-0.2, -0.15) is 0 Å². The molecule has 7 nitrogen and oxygen atoms in total. The Bertz CT molecular complexity index is 922. The standard InChI is InChI=1S/C14H14N2O3.C13H25NO/c1-8-2-3-10-9(6-8)7-16(14(10)19)11-4-5-12(17)15-13(11)18;1-13(2)10-15-9-8-12(13)14-11-6-4-3-5-7-11/h2-3,6,11H,4-5,7H2,1H3,(H,15,17,18);11-12,14H,3-10H2,1-2H3. The number of hydrogen-bond donors (Lipinski definition) is 2. The van der Waals surface area contributed by atoms with Crippen molar-refractivity contribution in [3.63, 3.8) is 0 Å². The second-order valence-electron chi connectivity index (χ2n) is 10.9. The molecule has 3 heterocycles. The fourth-order valence-corrected chi connectivity index (χ4v) is 5.59. The lowest BCUT2D eigenvalue weighted by atomic mass is 9.80. The highest BCUT2D eigenvalue weighted by Crippen LogP contribution is 2.30. The first-order chi connectivity index (χ1) is 16.2. The number of carbonyl (C=O) groups is 3. The third kappa shape index (κ3) is 5.69. The van der Waals surface area contributed by atoms with E-state index in [4.69, 9.17) is 4.74 Å². The highest BCUT2D eigenvalue weighted by atomic mass is 16.5. The molecule has 0 bridgehead atoms. The Balaban J connectivity index is 0.000000166. The average Bonchev–Trinajstić information content (AvgIpc) is 3.11. The van der Waals surface area contributed by atoms with Gasteiger partial charge in [-0.15, -0.1) is 0 Å². The Kier molecular flexibility index (Phi) is 7.73. The molecule has 3 aliphatic heterocycles. The van der Waals surface area contributed by atoms with Crippen LogP contribution in [0.25, 0.3) is 0 Å². The van der Waals surface area contributed by atoms with Crippen LogP contribution in [-0.2, 0) is 20.9 Å². The molecule has 1 aromatic carbocycles. The molecule has 0 radical (unpaired) electrons. The maximum Gasteiger partial charge on any atom is 0.255 e. The number of ether oxygens (including phenoxy) is 1. The molecule has 0 aromatic heterocycles. The van der Waals surface area contributed by atoms with E-state index < -0.39 is 6.04 Å². The summed E-state index contributed by atoms with van der Waals surface area (Å²) in [5, 5.41) is 6.16. The van der Waals surface area contributed by atoms with E-state index in [1.807, 2.05) is 19.1 Å². The van der Waals surface area contributed by atoms with Gasteiger partial charge in [0, 0.05) is 42.6 Å². The van der Waals surface area contributed by atoms with Crippen LogP contribution in [0.4, 0.5) is 0 Å². The number of carbonyl (C=O) groups excluding carboxylic acids is 3. The second kappa shape index (κ2) is 10.6. The monoisotopic (exact) mass is 469 g/mol. The number of imide groups is 1. The van der Waals surface area contributed by atoms with E-state index in [1.54, 1.807) is 11.0 Å². The van der Waals surface area contributed by atoms with Crippen molar-refractivity contribution in [2.75, 3.05) is 13.2 Å². The minimum Gasteiger partial charge on any atom is -0.381 e. The normalized spacial score (nSPS) is 27.0. The first-order valence-electron chi connectivity index (χ1n) is 12.8. The number of nitrogens with one attached hydrogen (secondary N) is 2. The first-order valence-corrected chi connectivity index (χ1v) is 12.8. The summed E-state index contributed by atoms with van der Waals surface area (Å²) in [6.07, 6.45) is 8.92. The van der Waals surface area contributed by atoms with Gasteiger partial charge in [0.2, 0.25) is 11.8 Å². The molecule has 1 saturated carbocycles. The van der Waals surface area contributed by atoms with Gasteiger partial charge in [-0.25, -0.2) is 0 Å². The highest BCUT2D eigenvalue weighted by Gasteiger charge is 2.39. The molecule has 0 spiro atoms. The van der Waals surface area contributed by atoms with Crippen molar-refractivity contribution in [2.45, 2.75) is 96.8 Å². The van der Waals surface area contributed by atoms with Crippen molar-refractivity contribution in [3.05, 3.63) is 34.9 Å². The molecule has 1 aliphatic carbocycles. The van der Waals surface area contributed by atoms with Gasteiger partial charge in [-0.1, -0.05) is 50.8 Å². The van der Waals surface area contributed by atoms with Gasteiger partial charge in [0.05, 0.1) is 6.61 Å². The lowest BCUT2D eigenvalue weighted by Crippen LogP contribution is -2.52. The van der Waals surface area contributed by atoms with Crippen LogP contribution in [0.1, 0.15) is 86.7 Å². The SMILES string of the molecule is CC1(C)COCCC1NC1CCCCC1.Cc1ccc2c(c1)CN(C1CCC(=O)NC1=O)C2=O. The summed E-state index contributed by atoms with van der Waals surface area (Å²) < 4.78 is 5.56. The molecular formula is C27H39N3O4. The molecule has 7 heteroatoms. The summed E-state index contributed by atoms with van der Waals surface area (Å²) in [5.74, 6) is -0.750. The minimum atomic E-state index is -0.530. The van der Waals surface area contributed by atoms with Gasteiger partial charge >= 0.3 is 0 Å². The van der Waals surface area contributed by atoms with E-state index in [0.29, 0.717) is 30.0 Å². The molecule has 4 aliphatic rings. The van der Waals surface area contributed by atoms with Gasteiger partial charge < -0.3 is 15.0 Å². The fourth-order valence-electron chi connectivity index (χ4n) is 5.59. The summed E-state index contributed by atoms with van der Waals surface area (Å²) >= 11 is 0. The zero-order valence-electron chi connectivity index (χ0n) is 20.8. The van der Waals surface area contributed by atoms with Crippen LogP contribution < -0.4 is 10.6 Å². The van der Waals surface area contributed by atoms with Gasteiger partial charge in [-0.3, -0.25) is 19.7 Å². The minimum absolute atomic E-state index is 0.121. The van der Waals surface area contributed by atoms with Crippen molar-refractivity contribution in [1.82, 2.24) is 15.5 Å². The Morgan fingerprint density at radius 3 is 2.53 bits per heavy atom. The maximum absolute atomic E-state index is 12.3. The summed E-state index contributed by atoms with van der Waals surface area (Å²) in [7, 11) is 0. The number of rotatable bonds is 3. The zero-order chi connectivity index (χ0) is 24.3. The number of benzene rings is 1. The molecule has 186 valence electrons. The van der Waals surface area contributed by atoms with E-state index in [0.717, 1.165) is 30.4 Å². The Morgan fingerprint density at radius 1 is 1.06 bits per heavy atom. The number of aryl methyl sites for hydroxylation is 1. The topological polar surface area (TPSA) is 87.7 Å². The quantitative estimate of drug-likeness (QED) is 0.662. The predicted molar refractivity (Wildman–Crippen MR) is 130 cm³/mol. The lowest BCUT2D eigenvalue weighted by molar-refractivity contribution is -0.136. The number of nitrogens with zero attached hydrogens (tertiary/aromatic N) is 1. The van der Waals surface area contributed by atoms with Crippen LogP contribution in [0, 0.1) is 12.3 Å². The number of amides is 3. The zero-order valence-corrected chi connectivity index (χ0v) is 20.8. The molecule has 2 saturated heterocycles. The first kappa shape index (κ1) is 24.9. The smallest absolute Gasteiger partial charge is 0.255 e. The molecular weight excluding hydrogens is 430 g/mol. The fraction of sp³-hybridized carbons (Fsp3) is 0.667. The van der Waals surface area contributed by atoms with Crippen molar-refractivity contribution in [1.29, 1.82) is 0 Å². The Labute approximate surface area is 203 Å². The van der Waals surface area contributed by atoms with Crippen LogP contribution in [-0.4, -0.2) is 54.0 Å². The molecule has 3 amide bonds. The number of piperidine rings is 1. The Hall–Kier alpha value is -2.25.